The van der Waals surface area contributed by atoms with Gasteiger partial charge in [0.15, 0.2) is 0 Å². The Labute approximate surface area is 125 Å². The van der Waals surface area contributed by atoms with Gasteiger partial charge in [0.1, 0.15) is 0 Å². The lowest BCUT2D eigenvalue weighted by Crippen LogP contribution is -2.27. The average Bonchev–Trinajstić information content (AvgIpc) is 3.02. The third kappa shape index (κ3) is 3.94. The number of carbonyl (C=O) groups excluding carboxylic acids is 1. The number of carboxylic acid groups (broad SMARTS) is 1. The van der Waals surface area contributed by atoms with Crippen molar-refractivity contribution < 1.29 is 14.7 Å². The van der Waals surface area contributed by atoms with E-state index < -0.39 is 5.97 Å². The Morgan fingerprint density at radius 1 is 1.14 bits per heavy atom. The number of hydrogen-bond acceptors (Lipinski definition) is 2. The molecule has 112 valence electrons. The van der Waals surface area contributed by atoms with Crippen LogP contribution in [-0.2, 0) is 4.79 Å². The molecule has 0 spiro atoms. The molecule has 0 aliphatic carbocycles. The second-order valence-electron chi connectivity index (χ2n) is 5.26. The lowest BCUT2D eigenvalue weighted by molar-refractivity contribution is -0.135. The lowest BCUT2D eigenvalue weighted by Gasteiger charge is -2.15. The number of benzene rings is 1. The minimum Gasteiger partial charge on any atom is -0.481 e. The van der Waals surface area contributed by atoms with Crippen molar-refractivity contribution in [1.82, 2.24) is 4.90 Å². The van der Waals surface area contributed by atoms with Gasteiger partial charge in [0, 0.05) is 18.7 Å². The summed E-state index contributed by atoms with van der Waals surface area (Å²) in [5.41, 5.74) is 2.68. The highest BCUT2D eigenvalue weighted by Crippen LogP contribution is 2.20. The molecule has 1 amide bonds. The molecule has 1 aliphatic rings. The fourth-order valence-corrected chi connectivity index (χ4v) is 2.61. The Hall–Kier alpha value is -2.10. The zero-order chi connectivity index (χ0) is 15.2. The molecular formula is C17H21NO3. The van der Waals surface area contributed by atoms with Crippen LogP contribution in [0.5, 0.6) is 0 Å². The van der Waals surface area contributed by atoms with Crippen LogP contribution < -0.4 is 0 Å². The smallest absolute Gasteiger partial charge is 0.307 e. The van der Waals surface area contributed by atoms with E-state index in [1.54, 1.807) is 6.08 Å². The third-order valence-electron chi connectivity index (χ3n) is 3.80. The second-order valence-corrected chi connectivity index (χ2v) is 5.26. The molecule has 1 aliphatic heterocycles. The molecule has 0 unspecified atom stereocenters. The molecule has 1 N–H and O–H groups in total. The van der Waals surface area contributed by atoms with Crippen LogP contribution in [-0.4, -0.2) is 35.0 Å². The molecule has 0 bridgehead atoms. The summed E-state index contributed by atoms with van der Waals surface area (Å²) in [6.07, 6.45) is 4.70. The quantitative estimate of drug-likeness (QED) is 0.904. The summed E-state index contributed by atoms with van der Waals surface area (Å²) in [6, 6.07) is 7.47. The first-order valence-corrected chi connectivity index (χ1v) is 7.42. The summed E-state index contributed by atoms with van der Waals surface area (Å²) >= 11 is 0. The van der Waals surface area contributed by atoms with Crippen LogP contribution in [0, 0.1) is 0 Å². The summed E-state index contributed by atoms with van der Waals surface area (Å²) in [4.78, 5) is 24.8. The molecule has 1 aromatic rings. The Kier molecular flexibility index (Phi) is 5.14. The Morgan fingerprint density at radius 2 is 1.71 bits per heavy atom. The number of carbonyl (C=O) groups is 2. The van der Waals surface area contributed by atoms with Gasteiger partial charge in [-0.3, -0.25) is 9.59 Å². The molecular weight excluding hydrogens is 266 g/mol. The van der Waals surface area contributed by atoms with E-state index in [9.17, 15) is 9.59 Å². The van der Waals surface area contributed by atoms with Crippen molar-refractivity contribution in [3.05, 3.63) is 41.5 Å². The van der Waals surface area contributed by atoms with E-state index in [1.165, 1.54) is 0 Å². The van der Waals surface area contributed by atoms with Crippen LogP contribution in [0.1, 0.15) is 48.5 Å². The molecule has 4 nitrogen and oxygen atoms in total. The van der Waals surface area contributed by atoms with Gasteiger partial charge in [-0.2, -0.15) is 0 Å². The predicted octanol–water partition coefficient (Wildman–Crippen LogP) is 3.19. The van der Waals surface area contributed by atoms with E-state index in [-0.39, 0.29) is 12.3 Å². The Balaban J connectivity index is 2.11. The summed E-state index contributed by atoms with van der Waals surface area (Å²) in [5, 5.41) is 8.75. The van der Waals surface area contributed by atoms with Crippen LogP contribution in [0.15, 0.2) is 30.3 Å². The highest BCUT2D eigenvalue weighted by molar-refractivity contribution is 5.94. The van der Waals surface area contributed by atoms with Gasteiger partial charge in [-0.1, -0.05) is 25.1 Å². The zero-order valence-corrected chi connectivity index (χ0v) is 12.3. The molecule has 0 aromatic heterocycles. The maximum Gasteiger partial charge on any atom is 0.307 e. The zero-order valence-electron chi connectivity index (χ0n) is 12.3. The van der Waals surface area contributed by atoms with Gasteiger partial charge in [-0.05, 0) is 42.5 Å². The number of allylic oxidation sites excluding steroid dienone is 1. The highest BCUT2D eigenvalue weighted by Gasteiger charge is 2.19. The lowest BCUT2D eigenvalue weighted by atomic mass is 10.0. The number of nitrogens with zero attached hydrogens (tertiary/aromatic N) is 1. The van der Waals surface area contributed by atoms with Crippen molar-refractivity contribution >= 4 is 17.4 Å². The van der Waals surface area contributed by atoms with Gasteiger partial charge in [-0.25, -0.2) is 0 Å². The van der Waals surface area contributed by atoms with Crippen molar-refractivity contribution in [3.63, 3.8) is 0 Å². The van der Waals surface area contributed by atoms with Crippen molar-refractivity contribution in [2.24, 2.45) is 0 Å². The second kappa shape index (κ2) is 7.07. The summed E-state index contributed by atoms with van der Waals surface area (Å²) in [5.74, 6) is -0.742. The molecule has 2 rings (SSSR count). The maximum absolute atomic E-state index is 12.2. The number of aliphatic carboxylic acids is 1. The monoisotopic (exact) mass is 287 g/mol. The minimum absolute atomic E-state index is 0.0254. The molecule has 1 fully saturated rings. The van der Waals surface area contributed by atoms with Crippen LogP contribution >= 0.6 is 0 Å². The average molecular weight is 287 g/mol. The van der Waals surface area contributed by atoms with Crippen molar-refractivity contribution in [2.45, 2.75) is 32.6 Å². The highest BCUT2D eigenvalue weighted by atomic mass is 16.4. The molecule has 1 aromatic carbocycles. The third-order valence-corrected chi connectivity index (χ3v) is 3.80. The number of amides is 1. The van der Waals surface area contributed by atoms with Gasteiger partial charge in [-0.15, -0.1) is 0 Å². The van der Waals surface area contributed by atoms with Crippen LogP contribution in [0.2, 0.25) is 0 Å². The van der Waals surface area contributed by atoms with Crippen LogP contribution in [0.4, 0.5) is 0 Å². The Morgan fingerprint density at radius 3 is 2.24 bits per heavy atom. The minimum atomic E-state index is -0.832. The molecule has 1 heterocycles. The van der Waals surface area contributed by atoms with E-state index in [0.29, 0.717) is 5.56 Å². The van der Waals surface area contributed by atoms with E-state index in [0.717, 1.165) is 43.5 Å². The molecule has 21 heavy (non-hydrogen) atoms. The van der Waals surface area contributed by atoms with Crippen molar-refractivity contribution in [3.8, 4) is 0 Å². The standard InChI is InChI=1S/C17H21NO3/c1-2-13(9-10-16(19)20)14-5-7-15(8-6-14)17(21)18-11-3-4-12-18/h5-9H,2-4,10-12H2,1H3,(H,19,20)/b13-9+. The molecule has 0 atom stereocenters. The van der Waals surface area contributed by atoms with E-state index >= 15 is 0 Å². The number of rotatable bonds is 5. The topological polar surface area (TPSA) is 57.6 Å². The van der Waals surface area contributed by atoms with Crippen LogP contribution in [0.25, 0.3) is 5.57 Å². The SMILES string of the molecule is CC/C(=C\CC(=O)O)c1ccc(C(=O)N2CCCC2)cc1. The van der Waals surface area contributed by atoms with Crippen LogP contribution in [0.3, 0.4) is 0 Å². The summed E-state index contributed by atoms with van der Waals surface area (Å²) in [7, 11) is 0. The molecule has 0 saturated carbocycles. The first kappa shape index (κ1) is 15.3. The van der Waals surface area contributed by atoms with Gasteiger partial charge in [0.2, 0.25) is 0 Å². The number of carboxylic acids is 1. The fraction of sp³-hybridized carbons (Fsp3) is 0.412. The summed E-state index contributed by atoms with van der Waals surface area (Å²) < 4.78 is 0. The number of hydrogen-bond donors (Lipinski definition) is 1. The van der Waals surface area contributed by atoms with E-state index in [1.807, 2.05) is 36.1 Å². The van der Waals surface area contributed by atoms with Gasteiger partial charge >= 0.3 is 5.97 Å². The van der Waals surface area contributed by atoms with Gasteiger partial charge in [0.05, 0.1) is 6.42 Å². The van der Waals surface area contributed by atoms with Crippen molar-refractivity contribution in [2.75, 3.05) is 13.1 Å². The predicted molar refractivity (Wildman–Crippen MR) is 82.1 cm³/mol. The first-order valence-electron chi connectivity index (χ1n) is 7.42. The molecule has 1 saturated heterocycles. The normalized spacial score (nSPS) is 15.3. The summed E-state index contributed by atoms with van der Waals surface area (Å²) in [6.45, 7) is 3.69. The van der Waals surface area contributed by atoms with E-state index in [2.05, 4.69) is 0 Å². The molecule has 4 heteroatoms. The maximum atomic E-state index is 12.2. The number of likely N-dealkylation sites (tertiary alicyclic amines) is 1. The van der Waals surface area contributed by atoms with E-state index in [4.69, 9.17) is 5.11 Å². The van der Waals surface area contributed by atoms with Gasteiger partial charge < -0.3 is 10.0 Å². The first-order chi connectivity index (χ1) is 10.1. The molecule has 0 radical (unpaired) electrons. The van der Waals surface area contributed by atoms with Crippen molar-refractivity contribution in [1.29, 1.82) is 0 Å². The fourth-order valence-electron chi connectivity index (χ4n) is 2.61. The largest absolute Gasteiger partial charge is 0.481 e. The van der Waals surface area contributed by atoms with Gasteiger partial charge in [0.25, 0.3) is 5.91 Å². The Bertz CT molecular complexity index is 540.